The summed E-state index contributed by atoms with van der Waals surface area (Å²) in [7, 11) is -7.29. The normalized spacial score (nSPS) is 12.3. The van der Waals surface area contributed by atoms with Gasteiger partial charge in [0.25, 0.3) is 0 Å². The molecule has 0 aliphatic heterocycles. The number of sulfonamides is 1. The van der Waals surface area contributed by atoms with Gasteiger partial charge in [0.2, 0.25) is 10.0 Å². The van der Waals surface area contributed by atoms with Crippen LogP contribution >= 0.6 is 0 Å². The quantitative estimate of drug-likeness (QED) is 0.854. The summed E-state index contributed by atoms with van der Waals surface area (Å²) >= 11 is 0. The second-order valence-corrected chi connectivity index (χ2v) is 8.80. The van der Waals surface area contributed by atoms with Crippen molar-refractivity contribution in [2.75, 3.05) is 12.8 Å². The summed E-state index contributed by atoms with van der Waals surface area (Å²) in [6, 6.07) is 10.9. The van der Waals surface area contributed by atoms with Crippen LogP contribution in [0.15, 0.2) is 58.3 Å². The van der Waals surface area contributed by atoms with Crippen molar-refractivity contribution in [1.82, 2.24) is 4.72 Å². The first-order valence-electron chi connectivity index (χ1n) is 6.73. The van der Waals surface area contributed by atoms with Gasteiger partial charge in [-0.25, -0.2) is 25.9 Å². The van der Waals surface area contributed by atoms with Crippen LogP contribution in [-0.2, 0) is 26.3 Å². The van der Waals surface area contributed by atoms with E-state index in [1.54, 1.807) is 12.1 Å². The van der Waals surface area contributed by atoms with Crippen LogP contribution in [0, 0.1) is 5.82 Å². The molecule has 0 radical (unpaired) electrons. The molecule has 8 heteroatoms. The lowest BCUT2D eigenvalue weighted by atomic mass is 10.1. The number of benzene rings is 2. The van der Waals surface area contributed by atoms with E-state index in [-0.39, 0.29) is 22.2 Å². The highest BCUT2D eigenvalue weighted by molar-refractivity contribution is 7.91. The SMILES string of the molecule is CS(=O)(=O)c1cccc(S(=O)(=O)NCCc2ccc(F)cc2)c1. The summed E-state index contributed by atoms with van der Waals surface area (Å²) in [5.41, 5.74) is 0.791. The molecule has 0 aromatic heterocycles. The van der Waals surface area contributed by atoms with Gasteiger partial charge in [-0.2, -0.15) is 0 Å². The van der Waals surface area contributed by atoms with Crippen LogP contribution in [0.5, 0.6) is 0 Å². The number of halogens is 1. The standard InChI is InChI=1S/C15H16FNO4S2/c1-22(18,19)14-3-2-4-15(11-14)23(20,21)17-10-9-12-5-7-13(16)8-6-12/h2-8,11,17H,9-10H2,1H3. The summed E-state index contributed by atoms with van der Waals surface area (Å²) in [5.74, 6) is -0.355. The molecule has 5 nitrogen and oxygen atoms in total. The molecule has 0 saturated heterocycles. The van der Waals surface area contributed by atoms with Crippen LogP contribution in [-0.4, -0.2) is 29.6 Å². The number of nitrogens with one attached hydrogen (secondary N) is 1. The fourth-order valence-corrected chi connectivity index (χ4v) is 3.75. The average Bonchev–Trinajstić information content (AvgIpc) is 2.48. The predicted octanol–water partition coefficient (Wildman–Crippen LogP) is 1.75. The van der Waals surface area contributed by atoms with Gasteiger partial charge in [0.1, 0.15) is 5.82 Å². The molecule has 0 fully saturated rings. The maximum absolute atomic E-state index is 12.8. The fourth-order valence-electron chi connectivity index (χ4n) is 1.94. The van der Waals surface area contributed by atoms with E-state index in [0.29, 0.717) is 6.42 Å². The van der Waals surface area contributed by atoms with Gasteiger partial charge in [-0.1, -0.05) is 18.2 Å². The lowest BCUT2D eigenvalue weighted by Gasteiger charge is -2.08. The van der Waals surface area contributed by atoms with Gasteiger partial charge in [-0.3, -0.25) is 0 Å². The smallest absolute Gasteiger partial charge is 0.224 e. The Morgan fingerprint density at radius 3 is 2.17 bits per heavy atom. The molecule has 23 heavy (non-hydrogen) atoms. The highest BCUT2D eigenvalue weighted by Gasteiger charge is 2.16. The molecule has 0 atom stereocenters. The van der Waals surface area contributed by atoms with E-state index < -0.39 is 19.9 Å². The number of rotatable bonds is 6. The maximum Gasteiger partial charge on any atom is 0.240 e. The lowest BCUT2D eigenvalue weighted by Crippen LogP contribution is -2.26. The van der Waals surface area contributed by atoms with E-state index >= 15 is 0 Å². The van der Waals surface area contributed by atoms with Crippen molar-refractivity contribution in [2.24, 2.45) is 0 Å². The minimum Gasteiger partial charge on any atom is -0.224 e. The molecule has 0 spiro atoms. The van der Waals surface area contributed by atoms with E-state index in [2.05, 4.69) is 4.72 Å². The number of hydrogen-bond donors (Lipinski definition) is 1. The molecule has 0 saturated carbocycles. The Hall–Kier alpha value is -1.77. The molecule has 0 amide bonds. The molecule has 2 aromatic carbocycles. The predicted molar refractivity (Wildman–Crippen MR) is 84.8 cm³/mol. The van der Waals surface area contributed by atoms with Crippen molar-refractivity contribution in [2.45, 2.75) is 16.2 Å². The van der Waals surface area contributed by atoms with E-state index in [4.69, 9.17) is 0 Å². The minimum absolute atomic E-state index is 0.0566. The molecule has 0 unspecified atom stereocenters. The molecule has 0 heterocycles. The van der Waals surface area contributed by atoms with Crippen LogP contribution in [0.4, 0.5) is 4.39 Å². The fraction of sp³-hybridized carbons (Fsp3) is 0.200. The van der Waals surface area contributed by atoms with Gasteiger partial charge < -0.3 is 0 Å². The Balaban J connectivity index is 2.08. The van der Waals surface area contributed by atoms with Crippen LogP contribution < -0.4 is 4.72 Å². The zero-order valence-electron chi connectivity index (χ0n) is 12.4. The van der Waals surface area contributed by atoms with Crippen LogP contribution in [0.1, 0.15) is 5.56 Å². The van der Waals surface area contributed by atoms with Gasteiger partial charge in [-0.15, -0.1) is 0 Å². The summed E-state index contributed by atoms with van der Waals surface area (Å²) < 4.78 is 62.6. The highest BCUT2D eigenvalue weighted by atomic mass is 32.2. The van der Waals surface area contributed by atoms with Gasteiger partial charge in [0, 0.05) is 12.8 Å². The first kappa shape index (κ1) is 17.6. The topological polar surface area (TPSA) is 80.3 Å². The molecule has 124 valence electrons. The van der Waals surface area contributed by atoms with Crippen molar-refractivity contribution in [3.8, 4) is 0 Å². The summed E-state index contributed by atoms with van der Waals surface area (Å²) in [5, 5.41) is 0. The maximum atomic E-state index is 12.8. The van der Waals surface area contributed by atoms with Crippen LogP contribution in [0.2, 0.25) is 0 Å². The summed E-state index contributed by atoms with van der Waals surface area (Å²) in [6.45, 7) is 0.122. The van der Waals surface area contributed by atoms with Gasteiger partial charge >= 0.3 is 0 Å². The lowest BCUT2D eigenvalue weighted by molar-refractivity contribution is 0.581. The molecule has 1 N–H and O–H groups in total. The summed E-state index contributed by atoms with van der Waals surface area (Å²) in [6.07, 6.45) is 1.41. The molecular weight excluding hydrogens is 341 g/mol. The average molecular weight is 357 g/mol. The third-order valence-electron chi connectivity index (χ3n) is 3.16. The number of sulfone groups is 1. The van der Waals surface area contributed by atoms with Crippen LogP contribution in [0.25, 0.3) is 0 Å². The Labute approximate surface area is 135 Å². The zero-order chi connectivity index (χ0) is 17.1. The third kappa shape index (κ3) is 4.85. The second kappa shape index (κ2) is 6.77. The Morgan fingerprint density at radius 1 is 0.957 bits per heavy atom. The van der Waals surface area contributed by atoms with Crippen molar-refractivity contribution in [1.29, 1.82) is 0 Å². The monoisotopic (exact) mass is 357 g/mol. The first-order chi connectivity index (χ1) is 10.7. The molecule has 2 rings (SSSR count). The van der Waals surface area contributed by atoms with Crippen molar-refractivity contribution >= 4 is 19.9 Å². The molecular formula is C15H16FNO4S2. The van der Waals surface area contributed by atoms with E-state index in [1.807, 2.05) is 0 Å². The molecule has 2 aromatic rings. The minimum atomic E-state index is -3.81. The summed E-state index contributed by atoms with van der Waals surface area (Å²) in [4.78, 5) is -0.168. The molecule has 0 aliphatic rings. The largest absolute Gasteiger partial charge is 0.240 e. The number of hydrogen-bond acceptors (Lipinski definition) is 4. The van der Waals surface area contributed by atoms with Gasteiger partial charge in [0.05, 0.1) is 9.79 Å². The zero-order valence-corrected chi connectivity index (χ0v) is 14.0. The van der Waals surface area contributed by atoms with Gasteiger partial charge in [0.15, 0.2) is 9.84 Å². The Bertz CT molecular complexity index is 891. The van der Waals surface area contributed by atoms with Crippen molar-refractivity contribution in [3.05, 3.63) is 59.9 Å². The van der Waals surface area contributed by atoms with Crippen molar-refractivity contribution in [3.63, 3.8) is 0 Å². The van der Waals surface area contributed by atoms with Gasteiger partial charge in [-0.05, 0) is 42.3 Å². The third-order valence-corrected chi connectivity index (χ3v) is 5.73. The highest BCUT2D eigenvalue weighted by Crippen LogP contribution is 2.15. The molecule has 0 aliphatic carbocycles. The van der Waals surface area contributed by atoms with Crippen LogP contribution in [0.3, 0.4) is 0 Å². The Morgan fingerprint density at radius 2 is 1.57 bits per heavy atom. The van der Waals surface area contributed by atoms with E-state index in [1.165, 1.54) is 30.3 Å². The first-order valence-corrected chi connectivity index (χ1v) is 10.1. The van der Waals surface area contributed by atoms with E-state index in [0.717, 1.165) is 17.9 Å². The Kier molecular flexibility index (Phi) is 5.18. The van der Waals surface area contributed by atoms with Crippen molar-refractivity contribution < 1.29 is 21.2 Å². The second-order valence-electron chi connectivity index (χ2n) is 5.02. The molecule has 0 bridgehead atoms. The van der Waals surface area contributed by atoms with E-state index in [9.17, 15) is 21.2 Å².